The van der Waals surface area contributed by atoms with Crippen molar-refractivity contribution < 1.29 is 23.9 Å². The maximum absolute atomic E-state index is 13.0. The van der Waals surface area contributed by atoms with Crippen molar-refractivity contribution in [3.63, 3.8) is 0 Å². The van der Waals surface area contributed by atoms with Crippen LogP contribution in [0.4, 0.5) is 16.2 Å². The highest BCUT2D eigenvalue weighted by atomic mass is 16.5. The number of hydrogen-bond acceptors (Lipinski definition) is 5. The lowest BCUT2D eigenvalue weighted by molar-refractivity contribution is -0.136. The molecule has 1 saturated carbocycles. The van der Waals surface area contributed by atoms with E-state index in [4.69, 9.17) is 4.74 Å². The SMILES string of the molecule is CCOc1ccc(NC(=O)c2ccc(NC(=O)CN3C(=O)N[C@]4(CCCC[C@H]4C)C3=O)cc2)cc1. The second-order valence-electron chi connectivity index (χ2n) is 8.98. The van der Waals surface area contributed by atoms with E-state index in [9.17, 15) is 19.2 Å². The molecule has 3 N–H and O–H groups in total. The number of rotatable bonds is 7. The Balaban J connectivity index is 1.33. The van der Waals surface area contributed by atoms with Gasteiger partial charge in [0.2, 0.25) is 5.91 Å². The Kier molecular flexibility index (Phi) is 7.04. The van der Waals surface area contributed by atoms with Crippen LogP contribution in [0.5, 0.6) is 5.75 Å². The number of amides is 5. The van der Waals surface area contributed by atoms with Crippen molar-refractivity contribution in [1.29, 1.82) is 0 Å². The first-order chi connectivity index (χ1) is 16.8. The predicted molar refractivity (Wildman–Crippen MR) is 131 cm³/mol. The average Bonchev–Trinajstić information content (AvgIpc) is 3.07. The summed E-state index contributed by atoms with van der Waals surface area (Å²) in [4.78, 5) is 51.6. The molecule has 0 radical (unpaired) electrons. The highest BCUT2D eigenvalue weighted by Gasteiger charge is 2.55. The highest BCUT2D eigenvalue weighted by Crippen LogP contribution is 2.38. The molecule has 1 aliphatic carbocycles. The summed E-state index contributed by atoms with van der Waals surface area (Å²) >= 11 is 0. The average molecular weight is 479 g/mol. The van der Waals surface area contributed by atoms with E-state index >= 15 is 0 Å². The second kappa shape index (κ2) is 10.2. The molecule has 9 nitrogen and oxygen atoms in total. The van der Waals surface area contributed by atoms with Crippen LogP contribution < -0.4 is 20.7 Å². The zero-order chi connectivity index (χ0) is 25.0. The third-order valence-electron chi connectivity index (χ3n) is 6.66. The van der Waals surface area contributed by atoms with Crippen molar-refractivity contribution >= 4 is 35.1 Å². The summed E-state index contributed by atoms with van der Waals surface area (Å²) in [5, 5.41) is 8.34. The van der Waals surface area contributed by atoms with Crippen molar-refractivity contribution in [3.05, 3.63) is 54.1 Å². The van der Waals surface area contributed by atoms with Crippen LogP contribution in [-0.2, 0) is 9.59 Å². The highest BCUT2D eigenvalue weighted by molar-refractivity contribution is 6.10. The summed E-state index contributed by atoms with van der Waals surface area (Å²) in [6, 6.07) is 12.9. The molecule has 2 atom stereocenters. The molecule has 2 aliphatic rings. The molecule has 184 valence electrons. The van der Waals surface area contributed by atoms with Gasteiger partial charge in [-0.05, 0) is 74.2 Å². The Bertz CT molecular complexity index is 1120. The first kappa shape index (κ1) is 24.3. The van der Waals surface area contributed by atoms with Crippen molar-refractivity contribution in [2.24, 2.45) is 5.92 Å². The Labute approximate surface area is 204 Å². The van der Waals surface area contributed by atoms with Crippen LogP contribution in [0.15, 0.2) is 48.5 Å². The van der Waals surface area contributed by atoms with Crippen LogP contribution >= 0.6 is 0 Å². The van der Waals surface area contributed by atoms with Crippen molar-refractivity contribution in [2.75, 3.05) is 23.8 Å². The standard InChI is InChI=1S/C26H30N4O5/c1-3-35-21-13-11-20(12-14-21)28-23(32)18-7-9-19(10-8-18)27-22(31)16-30-24(33)26(29-25(30)34)15-5-4-6-17(26)2/h7-14,17H,3-6,15-16H2,1-2H3,(H,27,31)(H,28,32)(H,29,34)/t17-,26+/m1/s1. The number of urea groups is 1. The third-order valence-corrected chi connectivity index (χ3v) is 6.66. The van der Waals surface area contributed by atoms with Crippen LogP contribution in [0.2, 0.25) is 0 Å². The molecule has 1 spiro atoms. The molecule has 0 aromatic heterocycles. The van der Waals surface area contributed by atoms with Gasteiger partial charge < -0.3 is 20.7 Å². The molecule has 1 heterocycles. The predicted octanol–water partition coefficient (Wildman–Crippen LogP) is 3.78. The zero-order valence-corrected chi connectivity index (χ0v) is 19.9. The second-order valence-corrected chi connectivity index (χ2v) is 8.98. The van der Waals surface area contributed by atoms with E-state index in [0.717, 1.165) is 29.9 Å². The van der Waals surface area contributed by atoms with Gasteiger partial charge in [-0.2, -0.15) is 0 Å². The quantitative estimate of drug-likeness (QED) is 0.524. The molecular formula is C26H30N4O5. The molecule has 2 fully saturated rings. The maximum Gasteiger partial charge on any atom is 0.325 e. The molecule has 1 aliphatic heterocycles. The summed E-state index contributed by atoms with van der Waals surface area (Å²) in [5.41, 5.74) is 0.614. The topological polar surface area (TPSA) is 117 Å². The monoisotopic (exact) mass is 478 g/mol. The Morgan fingerprint density at radius 2 is 1.69 bits per heavy atom. The third kappa shape index (κ3) is 5.13. The number of nitrogens with zero attached hydrogens (tertiary/aromatic N) is 1. The summed E-state index contributed by atoms with van der Waals surface area (Å²) in [6.07, 6.45) is 3.36. The normalized spacial score (nSPS) is 21.5. The largest absolute Gasteiger partial charge is 0.494 e. The lowest BCUT2D eigenvalue weighted by Gasteiger charge is -2.36. The number of imide groups is 1. The van der Waals surface area contributed by atoms with Gasteiger partial charge in [-0.1, -0.05) is 19.8 Å². The van der Waals surface area contributed by atoms with Crippen LogP contribution in [-0.4, -0.2) is 47.3 Å². The lowest BCUT2D eigenvalue weighted by atomic mass is 9.73. The van der Waals surface area contributed by atoms with Crippen molar-refractivity contribution in [3.8, 4) is 5.75 Å². The van der Waals surface area contributed by atoms with Gasteiger partial charge >= 0.3 is 6.03 Å². The number of carbonyl (C=O) groups excluding carboxylic acids is 4. The summed E-state index contributed by atoms with van der Waals surface area (Å²) in [7, 11) is 0. The van der Waals surface area contributed by atoms with Crippen molar-refractivity contribution in [1.82, 2.24) is 10.2 Å². The van der Waals surface area contributed by atoms with Gasteiger partial charge in [0.1, 0.15) is 17.8 Å². The van der Waals surface area contributed by atoms with Gasteiger partial charge in [-0.15, -0.1) is 0 Å². The molecule has 2 aromatic rings. The summed E-state index contributed by atoms with van der Waals surface area (Å²) < 4.78 is 5.39. The van der Waals surface area contributed by atoms with E-state index in [0.29, 0.717) is 30.0 Å². The number of hydrogen-bond donors (Lipinski definition) is 3. The number of nitrogens with one attached hydrogen (secondary N) is 3. The lowest BCUT2D eigenvalue weighted by Crippen LogP contribution is -2.54. The van der Waals surface area contributed by atoms with E-state index in [-0.39, 0.29) is 24.3 Å². The number of benzene rings is 2. The van der Waals surface area contributed by atoms with Gasteiger partial charge in [0, 0.05) is 16.9 Å². The Morgan fingerprint density at radius 3 is 2.34 bits per heavy atom. The summed E-state index contributed by atoms with van der Waals surface area (Å²) in [6.45, 7) is 4.07. The molecule has 0 bridgehead atoms. The molecule has 1 saturated heterocycles. The van der Waals surface area contributed by atoms with Crippen molar-refractivity contribution in [2.45, 2.75) is 45.1 Å². The molecule has 35 heavy (non-hydrogen) atoms. The minimum Gasteiger partial charge on any atom is -0.494 e. The smallest absolute Gasteiger partial charge is 0.325 e. The van der Waals surface area contributed by atoms with E-state index < -0.39 is 17.5 Å². The maximum atomic E-state index is 13.0. The van der Waals surface area contributed by atoms with Gasteiger partial charge in [-0.3, -0.25) is 19.3 Å². The van der Waals surface area contributed by atoms with E-state index in [2.05, 4.69) is 16.0 Å². The first-order valence-electron chi connectivity index (χ1n) is 11.9. The van der Waals surface area contributed by atoms with Crippen LogP contribution in [0.1, 0.15) is 49.9 Å². The van der Waals surface area contributed by atoms with Crippen LogP contribution in [0, 0.1) is 5.92 Å². The van der Waals surface area contributed by atoms with E-state index in [1.54, 1.807) is 48.5 Å². The van der Waals surface area contributed by atoms with Gasteiger partial charge in [-0.25, -0.2) is 4.79 Å². The van der Waals surface area contributed by atoms with Crippen LogP contribution in [0.3, 0.4) is 0 Å². The minimum absolute atomic E-state index is 0.0297. The van der Waals surface area contributed by atoms with E-state index in [1.807, 2.05) is 13.8 Å². The first-order valence-corrected chi connectivity index (χ1v) is 11.9. The van der Waals surface area contributed by atoms with Gasteiger partial charge in [0.25, 0.3) is 11.8 Å². The molecule has 5 amide bonds. The fraction of sp³-hybridized carbons (Fsp3) is 0.385. The Hall–Kier alpha value is -3.88. The fourth-order valence-electron chi connectivity index (χ4n) is 4.69. The molecule has 4 rings (SSSR count). The van der Waals surface area contributed by atoms with Gasteiger partial charge in [0.15, 0.2) is 0 Å². The molecule has 9 heteroatoms. The zero-order valence-electron chi connectivity index (χ0n) is 19.9. The number of ether oxygens (including phenoxy) is 1. The van der Waals surface area contributed by atoms with Crippen LogP contribution in [0.25, 0.3) is 0 Å². The van der Waals surface area contributed by atoms with Gasteiger partial charge in [0.05, 0.1) is 6.61 Å². The molecular weight excluding hydrogens is 448 g/mol. The minimum atomic E-state index is -0.895. The number of carbonyl (C=O) groups is 4. The number of anilines is 2. The molecule has 2 aromatic carbocycles. The Morgan fingerprint density at radius 1 is 1.03 bits per heavy atom. The van der Waals surface area contributed by atoms with E-state index in [1.165, 1.54) is 0 Å². The summed E-state index contributed by atoms with van der Waals surface area (Å²) in [5.74, 6) is -0.353. The molecule has 0 unspecified atom stereocenters. The fourth-order valence-corrected chi connectivity index (χ4v) is 4.69.